The second-order valence-corrected chi connectivity index (χ2v) is 11.5. The first-order valence-corrected chi connectivity index (χ1v) is 14.7. The number of ether oxygens (including phenoxy) is 3. The van der Waals surface area contributed by atoms with Gasteiger partial charge in [-0.25, -0.2) is 9.18 Å². The highest BCUT2D eigenvalue weighted by molar-refractivity contribution is 7.99. The molecule has 2 heterocycles. The van der Waals surface area contributed by atoms with Crippen LogP contribution in [0, 0.1) is 5.82 Å². The summed E-state index contributed by atoms with van der Waals surface area (Å²) in [5.74, 6) is -0.490. The molecule has 0 bridgehead atoms. The van der Waals surface area contributed by atoms with Gasteiger partial charge in [-0.05, 0) is 64.2 Å². The topological polar surface area (TPSA) is 105 Å². The van der Waals surface area contributed by atoms with Crippen LogP contribution in [0.5, 0.6) is 5.75 Å². The molecule has 1 aliphatic carbocycles. The molecule has 4 rings (SSSR count). The maximum Gasteiger partial charge on any atom is 0.341 e. The normalized spacial score (nSPS) is 13.7. The SMILES string of the molecule is COC[C@H](C)n1c(COc2ccccc2F)nnc1SCC(=O)Nc1sc2c(c1C(=O)OC(C)C)CCCC2. The monoisotopic (exact) mass is 576 g/mol. The van der Waals surface area contributed by atoms with Crippen molar-refractivity contribution in [1.82, 2.24) is 14.8 Å². The van der Waals surface area contributed by atoms with E-state index in [1.807, 2.05) is 25.3 Å². The Labute approximate surface area is 235 Å². The highest BCUT2D eigenvalue weighted by Crippen LogP contribution is 2.39. The lowest BCUT2D eigenvalue weighted by atomic mass is 9.95. The van der Waals surface area contributed by atoms with Crippen LogP contribution in [0.3, 0.4) is 0 Å². The maximum atomic E-state index is 14.0. The molecule has 3 aromatic rings. The predicted molar refractivity (Wildman–Crippen MR) is 148 cm³/mol. The van der Waals surface area contributed by atoms with E-state index in [2.05, 4.69) is 15.5 Å². The molecule has 2 aromatic heterocycles. The van der Waals surface area contributed by atoms with Gasteiger partial charge in [-0.1, -0.05) is 23.9 Å². The van der Waals surface area contributed by atoms with Gasteiger partial charge in [-0.15, -0.1) is 21.5 Å². The molecule has 210 valence electrons. The number of amides is 1. The molecule has 12 heteroatoms. The van der Waals surface area contributed by atoms with Crippen molar-refractivity contribution in [3.05, 3.63) is 51.9 Å². The minimum Gasteiger partial charge on any atom is -0.483 e. The number of nitrogens with one attached hydrogen (secondary N) is 1. The zero-order valence-corrected chi connectivity index (χ0v) is 24.1. The molecule has 0 fully saturated rings. The second kappa shape index (κ2) is 13.4. The van der Waals surface area contributed by atoms with E-state index in [4.69, 9.17) is 14.2 Å². The Morgan fingerprint density at radius 3 is 2.69 bits per heavy atom. The lowest BCUT2D eigenvalue weighted by Gasteiger charge is -2.17. The van der Waals surface area contributed by atoms with Gasteiger partial charge in [0.1, 0.15) is 11.6 Å². The fourth-order valence-corrected chi connectivity index (χ4v) is 6.55. The van der Waals surface area contributed by atoms with Crippen molar-refractivity contribution in [3.8, 4) is 5.75 Å². The molecule has 1 N–H and O–H groups in total. The Balaban J connectivity index is 1.47. The smallest absolute Gasteiger partial charge is 0.341 e. The van der Waals surface area contributed by atoms with E-state index in [1.54, 1.807) is 25.3 Å². The molecular weight excluding hydrogens is 543 g/mol. The summed E-state index contributed by atoms with van der Waals surface area (Å²) in [6.07, 6.45) is 3.51. The molecule has 1 aliphatic rings. The summed E-state index contributed by atoms with van der Waals surface area (Å²) >= 11 is 2.67. The molecule has 39 heavy (non-hydrogen) atoms. The molecule has 0 saturated carbocycles. The van der Waals surface area contributed by atoms with Gasteiger partial charge >= 0.3 is 5.97 Å². The zero-order chi connectivity index (χ0) is 27.9. The van der Waals surface area contributed by atoms with E-state index in [0.29, 0.717) is 28.2 Å². The number of hydrogen-bond acceptors (Lipinski definition) is 9. The third-order valence-corrected chi connectivity index (χ3v) is 8.23. The summed E-state index contributed by atoms with van der Waals surface area (Å²) < 4.78 is 32.3. The number of benzene rings is 1. The quantitative estimate of drug-likeness (QED) is 0.225. The number of methoxy groups -OCH3 is 1. The number of aryl methyl sites for hydroxylation is 1. The average molecular weight is 577 g/mol. The molecule has 0 unspecified atom stereocenters. The molecular formula is C27H33FN4O5S2. The van der Waals surface area contributed by atoms with E-state index in [0.717, 1.165) is 36.1 Å². The van der Waals surface area contributed by atoms with Gasteiger partial charge in [-0.2, -0.15) is 0 Å². The number of fused-ring (bicyclic) bond motifs is 1. The van der Waals surface area contributed by atoms with Crippen LogP contribution in [-0.4, -0.2) is 52.2 Å². The van der Waals surface area contributed by atoms with Crippen molar-refractivity contribution in [2.75, 3.05) is 24.8 Å². The van der Waals surface area contributed by atoms with E-state index in [9.17, 15) is 14.0 Å². The van der Waals surface area contributed by atoms with Crippen molar-refractivity contribution in [2.45, 2.75) is 70.4 Å². The van der Waals surface area contributed by atoms with Crippen LogP contribution in [0.1, 0.15) is 66.3 Å². The minimum atomic E-state index is -0.466. The fraction of sp³-hybridized carbons (Fsp3) is 0.481. The Morgan fingerprint density at radius 2 is 1.95 bits per heavy atom. The summed E-state index contributed by atoms with van der Waals surface area (Å²) in [6.45, 7) is 5.93. The van der Waals surface area contributed by atoms with Gasteiger partial charge < -0.3 is 19.5 Å². The molecule has 9 nitrogen and oxygen atoms in total. The molecule has 1 aromatic carbocycles. The number of hydrogen-bond donors (Lipinski definition) is 1. The van der Waals surface area contributed by atoms with Crippen molar-refractivity contribution in [2.24, 2.45) is 0 Å². The van der Waals surface area contributed by atoms with Crippen LogP contribution in [-0.2, 0) is 33.7 Å². The highest BCUT2D eigenvalue weighted by Gasteiger charge is 2.28. The zero-order valence-electron chi connectivity index (χ0n) is 22.5. The summed E-state index contributed by atoms with van der Waals surface area (Å²) in [5.41, 5.74) is 1.47. The third kappa shape index (κ3) is 7.17. The van der Waals surface area contributed by atoms with Gasteiger partial charge in [0.25, 0.3) is 0 Å². The number of carbonyl (C=O) groups excluding carboxylic acids is 2. The van der Waals surface area contributed by atoms with Crippen molar-refractivity contribution < 1.29 is 28.2 Å². The molecule has 0 radical (unpaired) electrons. The Morgan fingerprint density at radius 1 is 1.18 bits per heavy atom. The highest BCUT2D eigenvalue weighted by atomic mass is 32.2. The van der Waals surface area contributed by atoms with Crippen LogP contribution in [0.2, 0.25) is 0 Å². The van der Waals surface area contributed by atoms with Crippen molar-refractivity contribution in [3.63, 3.8) is 0 Å². The first-order valence-electron chi connectivity index (χ1n) is 12.9. The number of thioether (sulfide) groups is 1. The van der Waals surface area contributed by atoms with Gasteiger partial charge in [0.15, 0.2) is 22.5 Å². The second-order valence-electron chi connectivity index (χ2n) is 9.50. The van der Waals surface area contributed by atoms with Crippen molar-refractivity contribution in [1.29, 1.82) is 0 Å². The molecule has 0 aliphatic heterocycles. The fourth-order valence-electron chi connectivity index (χ4n) is 4.40. The van der Waals surface area contributed by atoms with E-state index >= 15 is 0 Å². The summed E-state index contributed by atoms with van der Waals surface area (Å²) in [7, 11) is 1.60. The molecule has 0 spiro atoms. The number of rotatable bonds is 12. The molecule has 1 atom stereocenters. The molecule has 1 amide bonds. The van der Waals surface area contributed by atoms with Crippen LogP contribution >= 0.6 is 23.1 Å². The third-order valence-electron chi connectivity index (χ3n) is 6.08. The number of aromatic nitrogens is 3. The van der Waals surface area contributed by atoms with Crippen LogP contribution in [0.15, 0.2) is 29.4 Å². The van der Waals surface area contributed by atoms with Crippen LogP contribution in [0.4, 0.5) is 9.39 Å². The number of nitrogens with zero attached hydrogens (tertiary/aromatic N) is 3. The number of thiophene rings is 1. The number of carbonyl (C=O) groups is 2. The maximum absolute atomic E-state index is 14.0. The van der Waals surface area contributed by atoms with E-state index in [-0.39, 0.29) is 36.2 Å². The van der Waals surface area contributed by atoms with Gasteiger partial charge in [0, 0.05) is 12.0 Å². The van der Waals surface area contributed by atoms with Gasteiger partial charge in [0.05, 0.1) is 30.1 Å². The van der Waals surface area contributed by atoms with E-state index in [1.165, 1.54) is 29.2 Å². The minimum absolute atomic E-state index is 0.00316. The van der Waals surface area contributed by atoms with Gasteiger partial charge in [0.2, 0.25) is 5.91 Å². The molecule has 0 saturated heterocycles. The Kier molecular flexibility index (Phi) is 9.98. The predicted octanol–water partition coefficient (Wildman–Crippen LogP) is 5.44. The summed E-state index contributed by atoms with van der Waals surface area (Å²) in [4.78, 5) is 27.1. The van der Waals surface area contributed by atoms with Crippen LogP contribution in [0.25, 0.3) is 0 Å². The number of para-hydroxylation sites is 1. The Bertz CT molecular complexity index is 1310. The lowest BCUT2D eigenvalue weighted by Crippen LogP contribution is -2.20. The Hall–Kier alpha value is -2.96. The number of anilines is 1. The van der Waals surface area contributed by atoms with Crippen molar-refractivity contribution >= 4 is 40.0 Å². The van der Waals surface area contributed by atoms with E-state index < -0.39 is 11.8 Å². The first kappa shape index (κ1) is 29.0. The summed E-state index contributed by atoms with van der Waals surface area (Å²) in [6, 6.07) is 5.99. The number of esters is 1. The number of halogens is 1. The largest absolute Gasteiger partial charge is 0.483 e. The summed E-state index contributed by atoms with van der Waals surface area (Å²) in [5, 5.41) is 12.5. The van der Waals surface area contributed by atoms with Crippen LogP contribution < -0.4 is 10.1 Å². The average Bonchev–Trinajstić information content (AvgIpc) is 3.47. The lowest BCUT2D eigenvalue weighted by molar-refractivity contribution is -0.113. The standard InChI is InChI=1S/C27H33FN4O5S2/c1-16(2)37-26(34)24-18-9-5-8-12-21(18)39-25(24)29-23(33)15-38-27-31-30-22(32(27)17(3)13-35-4)14-36-20-11-7-6-10-19(20)28/h6-7,10-11,16-17H,5,8-9,12-15H2,1-4H3,(H,29,33)/t17-/m0/s1. The first-order chi connectivity index (χ1) is 18.8. The van der Waals surface area contributed by atoms with Gasteiger partial charge in [-0.3, -0.25) is 9.36 Å².